The van der Waals surface area contributed by atoms with Crippen LogP contribution in [0.2, 0.25) is 0 Å². The summed E-state index contributed by atoms with van der Waals surface area (Å²) >= 11 is 0. The Labute approximate surface area is 156 Å². The lowest BCUT2D eigenvalue weighted by Crippen LogP contribution is -2.36. The van der Waals surface area contributed by atoms with Gasteiger partial charge in [-0.1, -0.05) is 0 Å². The Bertz CT molecular complexity index is 1150. The first-order valence-electron chi connectivity index (χ1n) is 8.41. The van der Waals surface area contributed by atoms with Crippen molar-refractivity contribution in [1.29, 1.82) is 0 Å². The number of fused-ring (bicyclic) bond motifs is 2. The standard InChI is InChI=1S/C18H18N4O4S/c1-11-20-16-7-13(3-4-17(16)26-11)21-18(23)15-9-19-8-12-10-22(27(2,24)25)6-5-14(12)15/h3-4,7-9H,5-6,10H2,1-2H3,(H,21,23). The number of amides is 1. The molecule has 9 heteroatoms. The fourth-order valence-electron chi connectivity index (χ4n) is 3.27. The number of hydrogen-bond donors (Lipinski definition) is 1. The van der Waals surface area contributed by atoms with Gasteiger partial charge in [0.1, 0.15) is 5.52 Å². The third-order valence-electron chi connectivity index (χ3n) is 4.57. The zero-order chi connectivity index (χ0) is 19.2. The van der Waals surface area contributed by atoms with Gasteiger partial charge < -0.3 is 9.73 Å². The van der Waals surface area contributed by atoms with Crippen molar-refractivity contribution in [2.24, 2.45) is 0 Å². The monoisotopic (exact) mass is 386 g/mol. The van der Waals surface area contributed by atoms with E-state index in [1.165, 1.54) is 16.8 Å². The highest BCUT2D eigenvalue weighted by atomic mass is 32.2. The molecule has 0 atom stereocenters. The molecular weight excluding hydrogens is 368 g/mol. The normalized spacial score (nSPS) is 14.9. The number of nitrogens with one attached hydrogen (secondary N) is 1. The fraction of sp³-hybridized carbons (Fsp3) is 0.278. The summed E-state index contributed by atoms with van der Waals surface area (Å²) in [5.41, 5.74) is 3.97. The van der Waals surface area contributed by atoms with Gasteiger partial charge in [-0.25, -0.2) is 13.4 Å². The molecule has 0 saturated carbocycles. The lowest BCUT2D eigenvalue weighted by atomic mass is 9.98. The first-order valence-corrected chi connectivity index (χ1v) is 10.3. The van der Waals surface area contributed by atoms with Crippen LogP contribution in [0.5, 0.6) is 0 Å². The first-order chi connectivity index (χ1) is 12.8. The van der Waals surface area contributed by atoms with Crippen molar-refractivity contribution >= 4 is 32.7 Å². The van der Waals surface area contributed by atoms with Gasteiger partial charge in [0, 0.05) is 38.1 Å². The Morgan fingerprint density at radius 1 is 1.30 bits per heavy atom. The summed E-state index contributed by atoms with van der Waals surface area (Å²) in [4.78, 5) is 21.2. The second-order valence-corrected chi connectivity index (χ2v) is 8.52. The van der Waals surface area contributed by atoms with E-state index >= 15 is 0 Å². The molecule has 4 rings (SSSR count). The molecule has 1 N–H and O–H groups in total. The maximum absolute atomic E-state index is 12.8. The molecule has 1 aliphatic rings. The molecule has 3 aromatic rings. The van der Waals surface area contributed by atoms with E-state index in [-0.39, 0.29) is 12.5 Å². The largest absolute Gasteiger partial charge is 0.441 e. The van der Waals surface area contributed by atoms with Crippen molar-refractivity contribution in [2.45, 2.75) is 19.9 Å². The van der Waals surface area contributed by atoms with Crippen LogP contribution >= 0.6 is 0 Å². The van der Waals surface area contributed by atoms with Crippen LogP contribution in [-0.2, 0) is 23.0 Å². The predicted molar refractivity (Wildman–Crippen MR) is 99.9 cm³/mol. The van der Waals surface area contributed by atoms with Crippen LogP contribution in [0.1, 0.15) is 27.4 Å². The first kappa shape index (κ1) is 17.6. The molecule has 1 amide bonds. The van der Waals surface area contributed by atoms with Gasteiger partial charge in [0.05, 0.1) is 11.8 Å². The van der Waals surface area contributed by atoms with Gasteiger partial charge in [0.25, 0.3) is 5.91 Å². The van der Waals surface area contributed by atoms with Crippen molar-refractivity contribution < 1.29 is 17.6 Å². The molecule has 3 heterocycles. The van der Waals surface area contributed by atoms with Gasteiger partial charge in [-0.15, -0.1) is 0 Å². The molecule has 2 aromatic heterocycles. The maximum Gasteiger partial charge on any atom is 0.257 e. The van der Waals surface area contributed by atoms with Gasteiger partial charge in [-0.05, 0) is 35.7 Å². The van der Waals surface area contributed by atoms with Crippen LogP contribution in [-0.4, -0.2) is 41.4 Å². The highest BCUT2D eigenvalue weighted by Gasteiger charge is 2.26. The van der Waals surface area contributed by atoms with Crippen LogP contribution in [0, 0.1) is 6.92 Å². The van der Waals surface area contributed by atoms with E-state index in [0.29, 0.717) is 41.2 Å². The Morgan fingerprint density at radius 3 is 2.89 bits per heavy atom. The number of aryl methyl sites for hydroxylation is 1. The summed E-state index contributed by atoms with van der Waals surface area (Å²) in [5.74, 6) is 0.275. The number of sulfonamides is 1. The molecule has 0 spiro atoms. The molecule has 0 unspecified atom stereocenters. The number of oxazole rings is 1. The molecule has 27 heavy (non-hydrogen) atoms. The van der Waals surface area contributed by atoms with E-state index < -0.39 is 10.0 Å². The Morgan fingerprint density at radius 2 is 2.11 bits per heavy atom. The highest BCUT2D eigenvalue weighted by molar-refractivity contribution is 7.88. The van der Waals surface area contributed by atoms with Crippen LogP contribution in [0.15, 0.2) is 35.0 Å². The molecule has 140 valence electrons. The van der Waals surface area contributed by atoms with E-state index in [9.17, 15) is 13.2 Å². The summed E-state index contributed by atoms with van der Waals surface area (Å²) in [7, 11) is -3.28. The van der Waals surface area contributed by atoms with Crippen molar-refractivity contribution in [3.05, 3.63) is 53.2 Å². The zero-order valence-electron chi connectivity index (χ0n) is 14.9. The van der Waals surface area contributed by atoms with Crippen LogP contribution < -0.4 is 5.32 Å². The van der Waals surface area contributed by atoms with E-state index in [4.69, 9.17) is 4.42 Å². The summed E-state index contributed by atoms with van der Waals surface area (Å²) in [6, 6.07) is 5.25. The molecule has 1 aliphatic heterocycles. The minimum atomic E-state index is -3.28. The molecule has 0 aliphatic carbocycles. The number of carbonyl (C=O) groups excluding carboxylic acids is 1. The van der Waals surface area contributed by atoms with Crippen LogP contribution in [0.4, 0.5) is 5.69 Å². The van der Waals surface area contributed by atoms with Crippen molar-refractivity contribution in [1.82, 2.24) is 14.3 Å². The number of hydrogen-bond acceptors (Lipinski definition) is 6. The number of rotatable bonds is 3. The lowest BCUT2D eigenvalue weighted by Gasteiger charge is -2.27. The molecule has 8 nitrogen and oxygen atoms in total. The number of aromatic nitrogens is 2. The van der Waals surface area contributed by atoms with Gasteiger partial charge in [-0.2, -0.15) is 4.31 Å². The topological polar surface area (TPSA) is 105 Å². The van der Waals surface area contributed by atoms with E-state index in [0.717, 1.165) is 11.1 Å². The van der Waals surface area contributed by atoms with Gasteiger partial charge in [-0.3, -0.25) is 9.78 Å². The number of pyridine rings is 1. The average Bonchev–Trinajstić information content (AvgIpc) is 2.99. The van der Waals surface area contributed by atoms with E-state index in [2.05, 4.69) is 15.3 Å². The molecule has 0 fully saturated rings. The van der Waals surface area contributed by atoms with Gasteiger partial charge in [0.15, 0.2) is 11.5 Å². The molecular formula is C18H18N4O4S. The Kier molecular flexibility index (Phi) is 4.20. The number of benzene rings is 1. The van der Waals surface area contributed by atoms with Gasteiger partial charge in [0.2, 0.25) is 10.0 Å². The predicted octanol–water partition coefficient (Wildman–Crippen LogP) is 2.10. The molecule has 0 saturated heterocycles. The Hall–Kier alpha value is -2.78. The number of carbonyl (C=O) groups is 1. The smallest absolute Gasteiger partial charge is 0.257 e. The minimum absolute atomic E-state index is 0.229. The molecule has 0 bridgehead atoms. The second kappa shape index (κ2) is 6.43. The zero-order valence-corrected chi connectivity index (χ0v) is 15.7. The quantitative estimate of drug-likeness (QED) is 0.739. The Balaban J connectivity index is 1.61. The van der Waals surface area contributed by atoms with Crippen molar-refractivity contribution in [3.63, 3.8) is 0 Å². The second-order valence-electron chi connectivity index (χ2n) is 6.54. The maximum atomic E-state index is 12.8. The van der Waals surface area contributed by atoms with E-state index in [1.54, 1.807) is 31.3 Å². The van der Waals surface area contributed by atoms with Crippen molar-refractivity contribution in [3.8, 4) is 0 Å². The van der Waals surface area contributed by atoms with E-state index in [1.807, 2.05) is 0 Å². The van der Waals surface area contributed by atoms with Crippen LogP contribution in [0.3, 0.4) is 0 Å². The fourth-order valence-corrected chi connectivity index (χ4v) is 4.06. The van der Waals surface area contributed by atoms with Crippen molar-refractivity contribution in [2.75, 3.05) is 18.1 Å². The summed E-state index contributed by atoms with van der Waals surface area (Å²) in [5, 5.41) is 2.86. The molecule has 0 radical (unpaired) electrons. The van der Waals surface area contributed by atoms with Crippen LogP contribution in [0.25, 0.3) is 11.1 Å². The SMILES string of the molecule is Cc1nc2cc(NC(=O)c3cncc4c3CCN(S(C)(=O)=O)C4)ccc2o1. The number of nitrogens with zero attached hydrogens (tertiary/aromatic N) is 3. The number of anilines is 1. The van der Waals surface area contributed by atoms with Gasteiger partial charge >= 0.3 is 0 Å². The third kappa shape index (κ3) is 3.43. The average molecular weight is 386 g/mol. The third-order valence-corrected chi connectivity index (χ3v) is 5.82. The summed E-state index contributed by atoms with van der Waals surface area (Å²) < 4.78 is 30.4. The summed E-state index contributed by atoms with van der Waals surface area (Å²) in [6.07, 6.45) is 4.79. The molecule has 1 aromatic carbocycles. The highest BCUT2D eigenvalue weighted by Crippen LogP contribution is 2.25. The summed E-state index contributed by atoms with van der Waals surface area (Å²) in [6.45, 7) is 2.34. The lowest BCUT2D eigenvalue weighted by molar-refractivity contribution is 0.102. The minimum Gasteiger partial charge on any atom is -0.441 e.